The Morgan fingerprint density at radius 1 is 0.681 bits per heavy atom. The fourth-order valence-electron chi connectivity index (χ4n) is 10.3. The number of anilines is 3. The van der Waals surface area contributed by atoms with Gasteiger partial charge in [-0.2, -0.15) is 10.2 Å². The molecule has 30 heteroatoms. The Labute approximate surface area is 524 Å². The Morgan fingerprint density at radius 2 is 1.22 bits per heavy atom. The molecular weight excluding hydrogens is 1170 g/mol. The normalized spacial score (nSPS) is 13.3. The lowest BCUT2D eigenvalue weighted by atomic mass is 10.0. The van der Waals surface area contributed by atoms with E-state index in [1.165, 1.54) is 31.4 Å². The quantitative estimate of drug-likeness (QED) is 0.0236. The van der Waals surface area contributed by atoms with Crippen LogP contribution in [0.4, 0.5) is 27.2 Å². The predicted octanol–water partition coefficient (Wildman–Crippen LogP) is 3.98. The summed E-state index contributed by atoms with van der Waals surface area (Å²) in [5.74, 6) is -2.64. The average molecular weight is 1250 g/mol. The fraction of sp³-hybridized carbons (Fsp3) is 0.410. The number of methoxy groups -OCH3 is 1. The number of benzene rings is 3. The molecule has 4 aromatic heterocycles. The Hall–Kier alpha value is -10.4. The first-order valence-corrected chi connectivity index (χ1v) is 29.9. The minimum absolute atomic E-state index is 0.0176. The summed E-state index contributed by atoms with van der Waals surface area (Å²) in [6, 6.07) is 13.7. The van der Waals surface area contributed by atoms with Gasteiger partial charge >= 0.3 is 12.1 Å². The molecule has 0 saturated carbocycles. The van der Waals surface area contributed by atoms with Crippen LogP contribution >= 0.6 is 0 Å². The molecule has 13 N–H and O–H groups in total. The van der Waals surface area contributed by atoms with Gasteiger partial charge in [0.25, 0.3) is 11.8 Å². The van der Waals surface area contributed by atoms with Gasteiger partial charge in [-0.25, -0.2) is 19.6 Å². The van der Waals surface area contributed by atoms with Gasteiger partial charge in [0, 0.05) is 82.3 Å². The van der Waals surface area contributed by atoms with E-state index in [9.17, 15) is 38.4 Å². The summed E-state index contributed by atoms with van der Waals surface area (Å²) in [5, 5.41) is 22.7. The molecule has 91 heavy (non-hydrogen) atoms. The van der Waals surface area contributed by atoms with Crippen molar-refractivity contribution in [1.82, 2.24) is 59.1 Å². The van der Waals surface area contributed by atoms with Gasteiger partial charge in [0.15, 0.2) is 0 Å². The summed E-state index contributed by atoms with van der Waals surface area (Å²) in [7, 11) is 1.45. The first kappa shape index (κ1) is 66.6. The smallest absolute Gasteiger partial charge is 0.410 e. The Kier molecular flexibility index (Phi) is 22.1. The van der Waals surface area contributed by atoms with Gasteiger partial charge in [-0.05, 0) is 107 Å². The third kappa shape index (κ3) is 16.7. The molecule has 1 aliphatic rings. The molecule has 9 amide bonds. The van der Waals surface area contributed by atoms with Crippen LogP contribution in [-0.4, -0.2) is 161 Å². The summed E-state index contributed by atoms with van der Waals surface area (Å²) in [4.78, 5) is 117. The number of primary amides is 3. The van der Waals surface area contributed by atoms with E-state index >= 15 is 0 Å². The van der Waals surface area contributed by atoms with Crippen molar-refractivity contribution in [3.8, 4) is 11.5 Å². The van der Waals surface area contributed by atoms with Crippen molar-refractivity contribution in [2.75, 3.05) is 68.9 Å². The van der Waals surface area contributed by atoms with Crippen LogP contribution < -0.4 is 59.0 Å². The molecule has 0 bridgehead atoms. The Morgan fingerprint density at radius 3 is 1.73 bits per heavy atom. The molecular formula is C61H79N19O11. The number of piperazine rings is 1. The molecule has 7 aromatic rings. The van der Waals surface area contributed by atoms with Gasteiger partial charge in [0.1, 0.15) is 46.6 Å². The van der Waals surface area contributed by atoms with E-state index in [4.69, 9.17) is 47.1 Å². The highest BCUT2D eigenvalue weighted by Crippen LogP contribution is 2.33. The van der Waals surface area contributed by atoms with E-state index in [1.54, 1.807) is 87.5 Å². The molecule has 484 valence electrons. The van der Waals surface area contributed by atoms with Crippen molar-refractivity contribution in [2.24, 2.45) is 28.9 Å². The molecule has 1 unspecified atom stereocenters. The number of ether oxygens (including phenoxy) is 3. The number of urea groups is 1. The molecule has 30 nitrogen and oxygen atoms in total. The van der Waals surface area contributed by atoms with Crippen molar-refractivity contribution < 1.29 is 52.6 Å². The number of imidazole rings is 2. The van der Waals surface area contributed by atoms with Crippen LogP contribution in [0, 0.1) is 19.8 Å². The summed E-state index contributed by atoms with van der Waals surface area (Å²) in [6.45, 7) is 14.9. The topological polar surface area (TPSA) is 406 Å². The van der Waals surface area contributed by atoms with Crippen LogP contribution in [0.5, 0.6) is 11.5 Å². The lowest BCUT2D eigenvalue weighted by molar-refractivity contribution is -0.128. The van der Waals surface area contributed by atoms with E-state index < -0.39 is 59.7 Å². The van der Waals surface area contributed by atoms with E-state index in [0.29, 0.717) is 115 Å². The highest BCUT2D eigenvalue weighted by atomic mass is 16.6. The first-order chi connectivity index (χ1) is 43.5. The lowest BCUT2D eigenvalue weighted by Crippen LogP contribution is -2.51. The van der Waals surface area contributed by atoms with Crippen molar-refractivity contribution in [1.29, 1.82) is 0 Å². The van der Waals surface area contributed by atoms with Crippen molar-refractivity contribution in [2.45, 2.75) is 106 Å². The van der Waals surface area contributed by atoms with Gasteiger partial charge < -0.3 is 67.1 Å². The Balaban J connectivity index is 0.926. The summed E-state index contributed by atoms with van der Waals surface area (Å²) in [6.07, 6.45) is 4.28. The van der Waals surface area contributed by atoms with Crippen LogP contribution in [0.15, 0.2) is 72.8 Å². The average Bonchev–Trinajstić information content (AvgIpc) is 1.65. The lowest BCUT2D eigenvalue weighted by Gasteiger charge is -2.34. The third-order valence-corrected chi connectivity index (χ3v) is 15.2. The maximum absolute atomic E-state index is 14.0. The van der Waals surface area contributed by atoms with Gasteiger partial charge in [-0.3, -0.25) is 53.7 Å². The maximum Gasteiger partial charge on any atom is 0.410 e. The number of fused-ring (bicyclic) bond motifs is 2. The van der Waals surface area contributed by atoms with Crippen molar-refractivity contribution >= 4 is 87.2 Å². The van der Waals surface area contributed by atoms with Gasteiger partial charge in [0.2, 0.25) is 35.5 Å². The van der Waals surface area contributed by atoms with Gasteiger partial charge in [-0.15, -0.1) is 0 Å². The number of nitrogens with two attached hydrogens (primary N) is 4. The minimum atomic E-state index is -0.934. The summed E-state index contributed by atoms with van der Waals surface area (Å²) in [5.41, 5.74) is 27.6. The zero-order valence-electron chi connectivity index (χ0n) is 52.0. The van der Waals surface area contributed by atoms with E-state index in [2.05, 4.69) is 41.7 Å². The van der Waals surface area contributed by atoms with Crippen LogP contribution in [0.25, 0.3) is 22.1 Å². The zero-order valence-corrected chi connectivity index (χ0v) is 52.0. The number of amides is 9. The number of aromatic nitrogens is 8. The van der Waals surface area contributed by atoms with Crippen LogP contribution in [0.1, 0.15) is 106 Å². The van der Waals surface area contributed by atoms with Crippen LogP contribution in [0.2, 0.25) is 0 Å². The molecule has 0 aliphatic carbocycles. The third-order valence-electron chi connectivity index (χ3n) is 15.2. The number of rotatable bonds is 29. The second-order valence-electron chi connectivity index (χ2n) is 22.1. The number of hydrogen-bond donors (Lipinski definition) is 9. The van der Waals surface area contributed by atoms with E-state index in [0.717, 1.165) is 0 Å². The number of allylic oxidation sites excluding steroid dienone is 2. The zero-order chi connectivity index (χ0) is 65.6. The van der Waals surface area contributed by atoms with Crippen molar-refractivity contribution in [3.05, 3.63) is 112 Å². The van der Waals surface area contributed by atoms with Crippen LogP contribution in [-0.2, 0) is 47.1 Å². The molecule has 1 aliphatic heterocycles. The standard InChI is InChI=1S/C61H79N19O11/c1-8-79-45(28-36(5)73-79)55(84)71-59-69-43-30-39(52(63)81)32-47(89-7)50(43)77(59)21-10-11-22-78-51-44(70-60(78)72-56(85)46-29-37(6)74-80(46)9-2)31-40(53(64)82)33-48(51)90-27-13-20-75-23-25-76(26-24-75)61(88)91-34-38-15-17-41(18-16-38)67-54(83)42(14-12-19-66-58(65)87)68-57(86)49(62)35(3)4/h10-11,15-18,28-33,35,42,49H,8-9,12-14,19-27,34,62H2,1-7H3,(H2,63,81)(H2,64,82)(H,67,83)(H,68,86)(H3,65,66,87)(H,69,71,84)(H,70,72,85)/b11-10+/t42-,49?/m0/s1. The molecule has 1 fully saturated rings. The second-order valence-corrected chi connectivity index (χ2v) is 22.1. The number of carbonyl (C=O) groups excluding carboxylic acids is 8. The van der Waals surface area contributed by atoms with Crippen molar-refractivity contribution in [3.63, 3.8) is 0 Å². The SMILES string of the molecule is CCn1nc(C)cc1C(=O)Nc1nc2cc(C(N)=O)cc(OC)c2n1C/C=C/Cn1c(NC(=O)c2cc(C)nn2CC)nc2cc(C(N)=O)cc(OCCCN3CCN(C(=O)OCc4ccc(NC(=O)[C@H](CCCNC(N)=O)NC(=O)C(N)C(C)C)cc4)CC3)c21. The predicted molar refractivity (Wildman–Crippen MR) is 338 cm³/mol. The highest BCUT2D eigenvalue weighted by Gasteiger charge is 2.28. The largest absolute Gasteiger partial charge is 0.494 e. The second kappa shape index (κ2) is 30.2. The maximum atomic E-state index is 14.0. The Bertz CT molecular complexity index is 3860. The van der Waals surface area contributed by atoms with Crippen LogP contribution in [0.3, 0.4) is 0 Å². The molecule has 0 spiro atoms. The number of nitrogens with one attached hydrogen (secondary N) is 5. The number of hydrogen-bond acceptors (Lipinski definition) is 17. The molecule has 5 heterocycles. The summed E-state index contributed by atoms with van der Waals surface area (Å²) < 4.78 is 24.5. The van der Waals surface area contributed by atoms with Gasteiger partial charge in [0.05, 0.1) is 42.2 Å². The monoisotopic (exact) mass is 1250 g/mol. The molecule has 3 aromatic carbocycles. The first-order valence-electron chi connectivity index (χ1n) is 29.9. The summed E-state index contributed by atoms with van der Waals surface area (Å²) >= 11 is 0. The minimum Gasteiger partial charge on any atom is -0.494 e. The van der Waals surface area contributed by atoms with E-state index in [1.807, 2.05) is 26.0 Å². The fourth-order valence-corrected chi connectivity index (χ4v) is 10.3. The van der Waals surface area contributed by atoms with Gasteiger partial charge in [-0.1, -0.05) is 38.1 Å². The molecule has 8 rings (SSSR count). The number of nitrogens with zero attached hydrogens (tertiary/aromatic N) is 10. The highest BCUT2D eigenvalue weighted by molar-refractivity contribution is 6.06. The molecule has 1 saturated heterocycles. The number of aryl methyl sites for hydroxylation is 4. The molecule has 0 radical (unpaired) electrons. The molecule has 2 atom stereocenters. The van der Waals surface area contributed by atoms with E-state index in [-0.39, 0.29) is 79.7 Å². The number of carbonyl (C=O) groups is 8.